The second-order valence-corrected chi connectivity index (χ2v) is 7.52. The van der Waals surface area contributed by atoms with Crippen molar-refractivity contribution in [1.29, 1.82) is 0 Å². The Morgan fingerprint density at radius 1 is 1.68 bits per heavy atom. The molecule has 13 heteroatoms. The Hall–Kier alpha value is -1.43. The molecule has 0 spiro atoms. The zero-order valence-corrected chi connectivity index (χ0v) is 13.2. The number of nitrogens with zero attached hydrogens (tertiary/aromatic N) is 3. The van der Waals surface area contributed by atoms with Crippen LogP contribution in [0.2, 0.25) is 0 Å². The number of rotatable bonds is 3. The smallest absolute Gasteiger partial charge is 0.280 e. The van der Waals surface area contributed by atoms with Gasteiger partial charge in [-0.25, -0.2) is 4.98 Å². The summed E-state index contributed by atoms with van der Waals surface area (Å²) in [5.41, 5.74) is 5.47. The Labute approximate surface area is 128 Å². The van der Waals surface area contributed by atoms with Gasteiger partial charge in [-0.1, -0.05) is 0 Å². The Kier molecular flexibility index (Phi) is 4.61. The van der Waals surface area contributed by atoms with Gasteiger partial charge in [-0.15, -0.1) is 11.8 Å². The van der Waals surface area contributed by atoms with E-state index in [0.717, 1.165) is 11.8 Å². The largest absolute Gasteiger partial charge is 0.776 e. The number of nitrogens with one attached hydrogen (secondary N) is 1. The van der Waals surface area contributed by atoms with Crippen LogP contribution < -0.4 is 22.3 Å². The molecule has 0 amide bonds. The maximum Gasteiger partial charge on any atom is 0.280 e. The van der Waals surface area contributed by atoms with Crippen molar-refractivity contribution in [2.75, 3.05) is 11.5 Å². The Morgan fingerprint density at radius 2 is 2.41 bits per heavy atom. The fourth-order valence-electron chi connectivity index (χ4n) is 2.02. The molecular weight excluding hydrogens is 335 g/mol. The number of H-pyrrole nitrogens is 1. The number of nitrogen functional groups attached to an aromatic ring is 1. The van der Waals surface area contributed by atoms with Gasteiger partial charge >= 0.3 is 0 Å². The molecule has 2 aromatic heterocycles. The topological polar surface area (TPSA) is 196 Å². The van der Waals surface area contributed by atoms with Crippen LogP contribution in [0.1, 0.15) is 0 Å². The summed E-state index contributed by atoms with van der Waals surface area (Å²) >= 11 is 0.996. The van der Waals surface area contributed by atoms with E-state index < -0.39 is 24.4 Å². The van der Waals surface area contributed by atoms with Crippen molar-refractivity contribution in [3.8, 4) is 0 Å². The fraction of sp³-hybridized carbons (Fsp3) is 0.444. The molecule has 3 rings (SSSR count). The summed E-state index contributed by atoms with van der Waals surface area (Å²) in [5, 5.41) is -1.27. The molecule has 0 aromatic carbocycles. The number of hydrogen-bond donors (Lipinski definition) is 4. The van der Waals surface area contributed by atoms with Gasteiger partial charge < -0.3 is 35.5 Å². The van der Waals surface area contributed by atoms with Crippen molar-refractivity contribution in [3.63, 3.8) is 0 Å². The number of nitrogens with two attached hydrogens (primary N) is 1. The molecule has 3 atom stereocenters. The van der Waals surface area contributed by atoms with E-state index in [1.54, 1.807) is 4.57 Å². The molecule has 1 aliphatic rings. The van der Waals surface area contributed by atoms with Crippen molar-refractivity contribution >= 4 is 36.5 Å². The van der Waals surface area contributed by atoms with Gasteiger partial charge in [0.1, 0.15) is 0 Å². The summed E-state index contributed by atoms with van der Waals surface area (Å²) in [4.78, 5) is 41.9. The quantitative estimate of drug-likeness (QED) is 0.504. The van der Waals surface area contributed by atoms with Crippen molar-refractivity contribution < 1.29 is 19.1 Å². The first-order chi connectivity index (χ1) is 9.84. The van der Waals surface area contributed by atoms with Gasteiger partial charge in [0.15, 0.2) is 23.9 Å². The maximum atomic E-state index is 11.6. The lowest BCUT2D eigenvalue weighted by Crippen LogP contribution is -2.21. The second-order valence-electron chi connectivity index (χ2n) is 4.48. The highest BCUT2D eigenvalue weighted by Crippen LogP contribution is 2.48. The second kappa shape index (κ2) is 5.99. The molecule has 0 radical (unpaired) electrons. The van der Waals surface area contributed by atoms with E-state index >= 15 is 0 Å². The average Bonchev–Trinajstić information content (AvgIpc) is 2.97. The van der Waals surface area contributed by atoms with Gasteiger partial charge in [0.25, 0.3) is 5.56 Å². The molecule has 0 aliphatic carbocycles. The highest BCUT2D eigenvalue weighted by Gasteiger charge is 2.33. The van der Waals surface area contributed by atoms with Crippen LogP contribution in [-0.4, -0.2) is 41.4 Å². The van der Waals surface area contributed by atoms with Gasteiger partial charge in [-0.05, 0) is 0 Å². The van der Waals surface area contributed by atoms with Crippen molar-refractivity contribution in [1.82, 2.24) is 25.7 Å². The molecule has 0 saturated carbocycles. The molecule has 0 bridgehead atoms. The van der Waals surface area contributed by atoms with E-state index in [2.05, 4.69) is 15.0 Å². The van der Waals surface area contributed by atoms with E-state index in [9.17, 15) is 14.3 Å². The lowest BCUT2D eigenvalue weighted by Gasteiger charge is -2.22. The molecule has 22 heavy (non-hydrogen) atoms. The number of aromatic amines is 1. The number of ether oxygens (including phenoxy) is 1. The minimum absolute atomic E-state index is 0. The molecule has 3 unspecified atom stereocenters. The lowest BCUT2D eigenvalue weighted by molar-refractivity contribution is -0.201. The predicted molar refractivity (Wildman–Crippen MR) is 79.5 cm³/mol. The Bertz CT molecular complexity index is 786. The molecule has 3 heterocycles. The first-order valence-electron chi connectivity index (χ1n) is 5.86. The van der Waals surface area contributed by atoms with Crippen molar-refractivity contribution in [3.05, 3.63) is 16.7 Å². The number of fused-ring (bicyclic) bond motifs is 1. The fourth-order valence-corrected chi connectivity index (χ4v) is 4.16. The van der Waals surface area contributed by atoms with E-state index in [4.69, 9.17) is 15.4 Å². The van der Waals surface area contributed by atoms with Crippen molar-refractivity contribution in [2.45, 2.75) is 17.8 Å². The van der Waals surface area contributed by atoms with Gasteiger partial charge in [0, 0.05) is 5.75 Å². The van der Waals surface area contributed by atoms with E-state index in [1.165, 1.54) is 6.33 Å². The highest BCUT2D eigenvalue weighted by molar-refractivity contribution is 8.05. The van der Waals surface area contributed by atoms with Crippen LogP contribution in [0.25, 0.3) is 11.2 Å². The molecule has 122 valence electrons. The van der Waals surface area contributed by atoms with Gasteiger partial charge in [-0.3, -0.25) is 9.78 Å². The normalized spacial score (nSPS) is 24.1. The van der Waals surface area contributed by atoms with Crippen LogP contribution in [0.15, 0.2) is 11.1 Å². The number of hydrogen-bond acceptors (Lipinski definition) is 8. The SMILES string of the molecule is Nc1nc2c(ncn2CC2CSC(P(=O)([O-])O)O2)c(=O)[nH]1.[NH4+]. The third kappa shape index (κ3) is 3.16. The summed E-state index contributed by atoms with van der Waals surface area (Å²) in [5.74, 6) is 0.351. The third-order valence-electron chi connectivity index (χ3n) is 2.89. The summed E-state index contributed by atoms with van der Waals surface area (Å²) in [6.07, 6.45) is 0.956. The number of quaternary nitrogens is 1. The molecule has 11 nitrogen and oxygen atoms in total. The first kappa shape index (κ1) is 16.9. The van der Waals surface area contributed by atoms with Crippen LogP contribution >= 0.6 is 19.4 Å². The Balaban J connectivity index is 0.00000176. The third-order valence-corrected chi connectivity index (χ3v) is 5.75. The van der Waals surface area contributed by atoms with E-state index in [-0.39, 0.29) is 24.2 Å². The van der Waals surface area contributed by atoms with Crippen LogP contribution in [0.5, 0.6) is 0 Å². The molecule has 1 aliphatic heterocycles. The molecular formula is C9H15N6O5PS. The molecule has 1 fully saturated rings. The minimum atomic E-state index is -4.53. The van der Waals surface area contributed by atoms with Crippen LogP contribution in [-0.2, 0) is 15.8 Å². The molecule has 1 saturated heterocycles. The van der Waals surface area contributed by atoms with Crippen LogP contribution in [0.3, 0.4) is 0 Å². The summed E-state index contributed by atoms with van der Waals surface area (Å²) in [6.45, 7) is 0.246. The zero-order chi connectivity index (χ0) is 15.2. The standard InChI is InChI=1S/C9H12N5O5PS.H3N/c10-8-12-6-5(7(15)13-8)11-3-14(6)1-4-2-21-9(19-4)20(16,17)18;/h3-4,9H,1-2H2,(H2,16,17,18)(H3,10,12,13,15);1H3. The zero-order valence-electron chi connectivity index (χ0n) is 11.5. The summed E-state index contributed by atoms with van der Waals surface area (Å²) in [6, 6.07) is 0. The maximum absolute atomic E-state index is 11.6. The number of anilines is 1. The van der Waals surface area contributed by atoms with Crippen molar-refractivity contribution in [2.24, 2.45) is 0 Å². The van der Waals surface area contributed by atoms with Gasteiger partial charge in [0.05, 0.1) is 19.0 Å². The summed E-state index contributed by atoms with van der Waals surface area (Å²) in [7, 11) is -4.53. The van der Waals surface area contributed by atoms with Gasteiger partial charge in [0.2, 0.25) is 5.95 Å². The monoisotopic (exact) mass is 350 g/mol. The minimum Gasteiger partial charge on any atom is -0.776 e. The molecule has 2 aromatic rings. The highest BCUT2D eigenvalue weighted by atomic mass is 32.2. The van der Waals surface area contributed by atoms with E-state index in [1.807, 2.05) is 0 Å². The summed E-state index contributed by atoms with van der Waals surface area (Å²) < 4.78 is 17.8. The Morgan fingerprint density at radius 3 is 3.05 bits per heavy atom. The molecule has 8 N–H and O–H groups in total. The number of aromatic nitrogens is 4. The van der Waals surface area contributed by atoms with E-state index in [0.29, 0.717) is 11.4 Å². The predicted octanol–water partition coefficient (Wildman–Crippen LogP) is -0.961. The van der Waals surface area contributed by atoms with Crippen LogP contribution in [0, 0.1) is 0 Å². The number of imidazole rings is 1. The van der Waals surface area contributed by atoms with Gasteiger partial charge in [-0.2, -0.15) is 4.98 Å². The van der Waals surface area contributed by atoms with Crippen LogP contribution in [0.4, 0.5) is 5.95 Å². The lowest BCUT2D eigenvalue weighted by atomic mass is 10.4. The average molecular weight is 350 g/mol. The number of thioether (sulfide) groups is 1. The first-order valence-corrected chi connectivity index (χ1v) is 8.55.